The second-order valence-corrected chi connectivity index (χ2v) is 12.3. The molecule has 0 spiro atoms. The van der Waals surface area contributed by atoms with E-state index < -0.39 is 69.9 Å². The van der Waals surface area contributed by atoms with Crippen molar-refractivity contribution in [3.05, 3.63) is 35.5 Å². The highest BCUT2D eigenvalue weighted by Crippen LogP contribution is 2.43. The fourth-order valence-corrected chi connectivity index (χ4v) is 6.93. The molecule has 5 rings (SSSR count). The number of likely N-dealkylation sites (tertiary alicyclic amines) is 1. The Morgan fingerprint density at radius 3 is 2.46 bits per heavy atom. The number of nitriles is 1. The molecule has 206 valence electrons. The number of carbonyl (C=O) groups is 3. The summed E-state index contributed by atoms with van der Waals surface area (Å²) in [7, 11) is -0.433. The van der Waals surface area contributed by atoms with Crippen LogP contribution < -0.4 is 5.32 Å². The third-order valence-corrected chi connectivity index (χ3v) is 9.67. The van der Waals surface area contributed by atoms with Crippen LogP contribution in [0.1, 0.15) is 32.1 Å². The predicted octanol–water partition coefficient (Wildman–Crippen LogP) is 3.06. The van der Waals surface area contributed by atoms with Crippen LogP contribution in [0.4, 0.5) is 8.78 Å². The summed E-state index contributed by atoms with van der Waals surface area (Å²) in [6.45, 7) is -0.899. The molecule has 1 saturated heterocycles. The Kier molecular flexibility index (Phi) is 7.09. The van der Waals surface area contributed by atoms with Gasteiger partial charge in [-0.25, -0.2) is 13.0 Å². The lowest BCUT2D eigenvalue weighted by Crippen LogP contribution is -2.45. The molecule has 4 atom stereocenters. The van der Waals surface area contributed by atoms with E-state index >= 15 is 0 Å². The van der Waals surface area contributed by atoms with Gasteiger partial charge in [0.05, 0.1) is 40.1 Å². The molecule has 4 unspecified atom stereocenters. The van der Waals surface area contributed by atoms with Gasteiger partial charge in [-0.05, 0) is 43.9 Å². The van der Waals surface area contributed by atoms with E-state index in [9.17, 15) is 32.6 Å². The van der Waals surface area contributed by atoms with Gasteiger partial charge < -0.3 is 10.2 Å². The Labute approximate surface area is 230 Å². The molecular weight excluding hydrogens is 552 g/mol. The monoisotopic (exact) mass is 577 g/mol. The van der Waals surface area contributed by atoms with Gasteiger partial charge in [0, 0.05) is 37.7 Å². The van der Waals surface area contributed by atoms with Gasteiger partial charge in [0.1, 0.15) is 16.3 Å². The Morgan fingerprint density at radius 2 is 1.90 bits per heavy atom. The van der Waals surface area contributed by atoms with Crippen molar-refractivity contribution in [3.63, 3.8) is 0 Å². The highest BCUT2D eigenvalue weighted by atomic mass is 35.5. The van der Waals surface area contributed by atoms with Crippen molar-refractivity contribution in [2.24, 2.45) is 24.8 Å². The van der Waals surface area contributed by atoms with E-state index in [1.165, 1.54) is 6.07 Å². The number of halogens is 3. The summed E-state index contributed by atoms with van der Waals surface area (Å²) >= 11 is 6.41. The minimum absolute atomic E-state index is 0.0801. The smallest absolute Gasteiger partial charge is 0.267 e. The van der Waals surface area contributed by atoms with Crippen LogP contribution in [-0.4, -0.2) is 60.4 Å². The molecule has 0 bridgehead atoms. The molecule has 2 aliphatic carbocycles. The van der Waals surface area contributed by atoms with Gasteiger partial charge in [0.25, 0.3) is 5.92 Å². The SMILES string of the molecule is Cn1nccc1-c1ccc(S(=O)C(=O)C2CC(C(=O)NC3(C#N)CC3)C(C(=O)N3CCC(F)(F)C3)C2)c(Cl)c1. The van der Waals surface area contributed by atoms with Crippen molar-refractivity contribution < 1.29 is 27.4 Å². The summed E-state index contributed by atoms with van der Waals surface area (Å²) in [5, 5.41) is 15.6. The van der Waals surface area contributed by atoms with Gasteiger partial charge in [0.15, 0.2) is 0 Å². The van der Waals surface area contributed by atoms with Gasteiger partial charge in [-0.2, -0.15) is 10.4 Å². The van der Waals surface area contributed by atoms with E-state index in [0.29, 0.717) is 18.4 Å². The molecule has 3 fully saturated rings. The molecule has 0 radical (unpaired) electrons. The van der Waals surface area contributed by atoms with Crippen LogP contribution in [0, 0.1) is 29.1 Å². The molecule has 2 saturated carbocycles. The highest BCUT2D eigenvalue weighted by Gasteiger charge is 2.52. The number of amides is 2. The summed E-state index contributed by atoms with van der Waals surface area (Å²) < 4.78 is 42.6. The first-order chi connectivity index (χ1) is 18.4. The van der Waals surface area contributed by atoms with Crippen LogP contribution in [0.25, 0.3) is 11.3 Å². The standard InChI is InChI=1S/C26H26ClF2N5O4S/c1-33-20(4-8-31-33)15-2-3-21(19(27)12-15)39(38)24(37)16-10-17(22(35)32-25(13-30)5-6-25)18(11-16)23(36)34-9-7-26(28,29)14-34/h2-4,8,12,16-18H,5-7,9-11,14H2,1H3,(H,32,35). The average Bonchev–Trinajstić information content (AvgIpc) is 3.21. The molecule has 1 aliphatic heterocycles. The van der Waals surface area contributed by atoms with Crippen molar-refractivity contribution in [2.75, 3.05) is 13.1 Å². The third kappa shape index (κ3) is 5.34. The molecule has 9 nitrogen and oxygen atoms in total. The zero-order valence-corrected chi connectivity index (χ0v) is 22.6. The molecule has 1 aromatic carbocycles. The lowest BCUT2D eigenvalue weighted by atomic mass is 9.93. The Morgan fingerprint density at radius 1 is 1.18 bits per heavy atom. The van der Waals surface area contributed by atoms with Crippen LogP contribution in [0.3, 0.4) is 0 Å². The minimum atomic E-state index is -3.01. The van der Waals surface area contributed by atoms with Gasteiger partial charge in [-0.1, -0.05) is 17.7 Å². The second-order valence-electron chi connectivity index (χ2n) is 10.5. The highest BCUT2D eigenvalue weighted by molar-refractivity contribution is 8.00. The summed E-state index contributed by atoms with van der Waals surface area (Å²) in [6, 6.07) is 8.59. The van der Waals surface area contributed by atoms with Gasteiger partial charge in [-0.15, -0.1) is 0 Å². The van der Waals surface area contributed by atoms with E-state index in [-0.39, 0.29) is 29.3 Å². The Hall–Kier alpha value is -3.17. The number of aryl methyl sites for hydroxylation is 1. The maximum absolute atomic E-state index is 13.8. The number of carbonyl (C=O) groups excluding carboxylic acids is 3. The Balaban J connectivity index is 1.36. The number of hydrogen-bond acceptors (Lipinski definition) is 6. The van der Waals surface area contributed by atoms with E-state index in [1.807, 2.05) is 0 Å². The second kappa shape index (κ2) is 10.1. The van der Waals surface area contributed by atoms with Crippen LogP contribution >= 0.6 is 11.6 Å². The number of nitrogens with one attached hydrogen (secondary N) is 1. The van der Waals surface area contributed by atoms with Crippen molar-refractivity contribution >= 4 is 39.3 Å². The summed E-state index contributed by atoms with van der Waals surface area (Å²) in [5.74, 6) is -7.19. The first kappa shape index (κ1) is 27.4. The molecule has 39 heavy (non-hydrogen) atoms. The first-order valence-electron chi connectivity index (χ1n) is 12.6. The van der Waals surface area contributed by atoms with Crippen molar-refractivity contribution in [3.8, 4) is 17.3 Å². The predicted molar refractivity (Wildman–Crippen MR) is 137 cm³/mol. The molecule has 1 aromatic heterocycles. The largest absolute Gasteiger partial charge is 0.338 e. The molecule has 13 heteroatoms. The number of alkyl halides is 2. The van der Waals surface area contributed by atoms with E-state index in [0.717, 1.165) is 10.6 Å². The topological polar surface area (TPSA) is 125 Å². The van der Waals surface area contributed by atoms with E-state index in [1.54, 1.807) is 36.1 Å². The number of benzene rings is 1. The first-order valence-corrected chi connectivity index (χ1v) is 14.1. The molecule has 2 aromatic rings. The minimum Gasteiger partial charge on any atom is -0.338 e. The lowest BCUT2D eigenvalue weighted by Gasteiger charge is -2.25. The summed E-state index contributed by atoms with van der Waals surface area (Å²) in [4.78, 5) is 40.9. The summed E-state index contributed by atoms with van der Waals surface area (Å²) in [6.07, 6.45) is 1.90. The number of aromatic nitrogens is 2. The summed E-state index contributed by atoms with van der Waals surface area (Å²) in [5.41, 5.74) is 0.481. The quantitative estimate of drug-likeness (QED) is 0.562. The molecule has 3 aliphatic rings. The molecule has 2 heterocycles. The maximum Gasteiger partial charge on any atom is 0.267 e. The molecule has 1 N–H and O–H groups in total. The van der Waals surface area contributed by atoms with Crippen molar-refractivity contribution in [1.29, 1.82) is 5.26 Å². The zero-order valence-electron chi connectivity index (χ0n) is 21.0. The zero-order chi connectivity index (χ0) is 28.1. The van der Waals surface area contributed by atoms with E-state index in [2.05, 4.69) is 16.5 Å². The van der Waals surface area contributed by atoms with Crippen molar-refractivity contribution in [1.82, 2.24) is 20.0 Å². The lowest BCUT2D eigenvalue weighted by molar-refractivity contribution is -0.141. The van der Waals surface area contributed by atoms with Crippen LogP contribution in [0.15, 0.2) is 35.4 Å². The number of hydrogen-bond donors (Lipinski definition) is 1. The van der Waals surface area contributed by atoms with Crippen molar-refractivity contribution in [2.45, 2.75) is 48.5 Å². The van der Waals surface area contributed by atoms with Crippen LogP contribution in [0.5, 0.6) is 0 Å². The number of rotatable bonds is 6. The fraction of sp³-hybridized carbons (Fsp3) is 0.500. The third-order valence-electron chi connectivity index (χ3n) is 7.79. The van der Waals surface area contributed by atoms with Gasteiger partial charge in [0.2, 0.25) is 16.9 Å². The molecular formula is C26H26ClF2N5O4S. The normalized spacial score (nSPS) is 25.6. The van der Waals surface area contributed by atoms with Gasteiger partial charge in [-0.3, -0.25) is 19.1 Å². The average molecular weight is 578 g/mol. The molecule has 2 amide bonds. The fourth-order valence-electron chi connectivity index (χ4n) is 5.40. The van der Waals surface area contributed by atoms with E-state index in [4.69, 9.17) is 11.6 Å². The maximum atomic E-state index is 13.8. The number of nitrogens with zero attached hydrogens (tertiary/aromatic N) is 4. The van der Waals surface area contributed by atoms with Gasteiger partial charge >= 0.3 is 0 Å². The van der Waals surface area contributed by atoms with Crippen LogP contribution in [-0.2, 0) is 32.2 Å². The van der Waals surface area contributed by atoms with Crippen LogP contribution in [0.2, 0.25) is 5.02 Å². The Bertz CT molecular complexity index is 1420.